The summed E-state index contributed by atoms with van der Waals surface area (Å²) < 4.78 is 49.3. The summed E-state index contributed by atoms with van der Waals surface area (Å²) in [5.74, 6) is 1.24. The third kappa shape index (κ3) is 6.32. The zero-order valence-electron chi connectivity index (χ0n) is 15.2. The number of alkyl halides is 3. The van der Waals surface area contributed by atoms with Crippen LogP contribution in [-0.4, -0.2) is 18.3 Å². The Labute approximate surface area is 161 Å². The van der Waals surface area contributed by atoms with Gasteiger partial charge >= 0.3 is 6.18 Å². The predicted octanol–water partition coefficient (Wildman–Crippen LogP) is 4.99. The lowest BCUT2D eigenvalue weighted by atomic mass is 10.2. The van der Waals surface area contributed by atoms with Crippen molar-refractivity contribution in [2.75, 3.05) is 12.4 Å². The van der Waals surface area contributed by atoms with E-state index in [2.05, 4.69) is 10.6 Å². The summed E-state index contributed by atoms with van der Waals surface area (Å²) in [5, 5.41) is 5.93. The standard InChI is InChI=1S/C19H21F3N2O2S/c1-12(2)26-16-8-7-13(9-17(16)25-3)11-23-18(27)24-15-6-4-5-14(10-15)19(20,21)22/h4-10,12H,11H2,1-3H3,(H2,23,24,27). The Morgan fingerprint density at radius 2 is 1.85 bits per heavy atom. The lowest BCUT2D eigenvalue weighted by Crippen LogP contribution is -2.28. The Morgan fingerprint density at radius 1 is 1.11 bits per heavy atom. The number of ether oxygens (including phenoxy) is 2. The molecule has 0 saturated carbocycles. The van der Waals surface area contributed by atoms with Gasteiger partial charge in [0, 0.05) is 12.2 Å². The highest BCUT2D eigenvalue weighted by Crippen LogP contribution is 2.31. The van der Waals surface area contributed by atoms with Crippen molar-refractivity contribution in [3.63, 3.8) is 0 Å². The molecule has 0 unspecified atom stereocenters. The van der Waals surface area contributed by atoms with Crippen LogP contribution in [0.25, 0.3) is 0 Å². The molecule has 4 nitrogen and oxygen atoms in total. The molecule has 2 aromatic rings. The van der Waals surface area contributed by atoms with Gasteiger partial charge in [-0.3, -0.25) is 0 Å². The Morgan fingerprint density at radius 3 is 2.48 bits per heavy atom. The van der Waals surface area contributed by atoms with Crippen LogP contribution < -0.4 is 20.1 Å². The molecule has 0 saturated heterocycles. The number of hydrogen-bond donors (Lipinski definition) is 2. The lowest BCUT2D eigenvalue weighted by molar-refractivity contribution is -0.137. The van der Waals surface area contributed by atoms with Crippen molar-refractivity contribution in [1.82, 2.24) is 5.32 Å². The smallest absolute Gasteiger partial charge is 0.416 e. The molecular weight excluding hydrogens is 377 g/mol. The zero-order chi connectivity index (χ0) is 20.0. The maximum atomic E-state index is 12.8. The van der Waals surface area contributed by atoms with Crippen LogP contribution in [0.4, 0.5) is 18.9 Å². The van der Waals surface area contributed by atoms with Gasteiger partial charge in [-0.15, -0.1) is 0 Å². The van der Waals surface area contributed by atoms with Crippen molar-refractivity contribution in [3.8, 4) is 11.5 Å². The highest BCUT2D eigenvalue weighted by atomic mass is 32.1. The quantitative estimate of drug-likeness (QED) is 0.672. The molecule has 0 aliphatic heterocycles. The second kappa shape index (κ2) is 8.94. The van der Waals surface area contributed by atoms with Crippen molar-refractivity contribution < 1.29 is 22.6 Å². The number of anilines is 1. The van der Waals surface area contributed by atoms with Crippen LogP contribution in [0.15, 0.2) is 42.5 Å². The molecule has 146 valence electrons. The zero-order valence-corrected chi connectivity index (χ0v) is 16.0. The Hall–Kier alpha value is -2.48. The van der Waals surface area contributed by atoms with E-state index >= 15 is 0 Å². The minimum absolute atomic E-state index is 0.0205. The predicted molar refractivity (Wildman–Crippen MR) is 103 cm³/mol. The topological polar surface area (TPSA) is 42.5 Å². The highest BCUT2D eigenvalue weighted by Gasteiger charge is 2.30. The molecule has 0 fully saturated rings. The summed E-state index contributed by atoms with van der Waals surface area (Å²) in [7, 11) is 1.56. The molecule has 0 radical (unpaired) electrons. The number of rotatable bonds is 6. The maximum Gasteiger partial charge on any atom is 0.416 e. The van der Waals surface area contributed by atoms with Gasteiger partial charge in [-0.05, 0) is 62.0 Å². The van der Waals surface area contributed by atoms with Gasteiger partial charge in [0.25, 0.3) is 0 Å². The monoisotopic (exact) mass is 398 g/mol. The number of halogens is 3. The van der Waals surface area contributed by atoms with Crippen LogP contribution in [0.3, 0.4) is 0 Å². The molecule has 0 bridgehead atoms. The SMILES string of the molecule is COc1cc(CNC(=S)Nc2cccc(C(F)(F)F)c2)ccc1OC(C)C. The fourth-order valence-corrected chi connectivity index (χ4v) is 2.49. The molecule has 27 heavy (non-hydrogen) atoms. The first kappa shape index (κ1) is 20.8. The average Bonchev–Trinajstić information content (AvgIpc) is 2.60. The van der Waals surface area contributed by atoms with Gasteiger partial charge in [-0.2, -0.15) is 13.2 Å². The molecule has 2 N–H and O–H groups in total. The van der Waals surface area contributed by atoms with Crippen molar-refractivity contribution in [2.45, 2.75) is 32.7 Å². The van der Waals surface area contributed by atoms with E-state index in [1.165, 1.54) is 12.1 Å². The van der Waals surface area contributed by atoms with Gasteiger partial charge in [-0.1, -0.05) is 12.1 Å². The van der Waals surface area contributed by atoms with E-state index in [1.54, 1.807) is 13.2 Å². The Bertz CT molecular complexity index is 795. The largest absolute Gasteiger partial charge is 0.493 e. The van der Waals surface area contributed by atoms with E-state index in [-0.39, 0.29) is 16.9 Å². The third-order valence-electron chi connectivity index (χ3n) is 3.49. The fraction of sp³-hybridized carbons (Fsp3) is 0.316. The van der Waals surface area contributed by atoms with E-state index in [1.807, 2.05) is 26.0 Å². The van der Waals surface area contributed by atoms with Crippen LogP contribution in [0.2, 0.25) is 0 Å². The van der Waals surface area contributed by atoms with Crippen LogP contribution in [0.5, 0.6) is 11.5 Å². The molecule has 0 aliphatic carbocycles. The van der Waals surface area contributed by atoms with Crippen LogP contribution >= 0.6 is 12.2 Å². The average molecular weight is 398 g/mol. The molecule has 0 heterocycles. The lowest BCUT2D eigenvalue weighted by Gasteiger charge is -2.15. The molecule has 2 rings (SSSR count). The summed E-state index contributed by atoms with van der Waals surface area (Å²) in [5.41, 5.74) is 0.414. The first-order valence-electron chi connectivity index (χ1n) is 8.24. The van der Waals surface area contributed by atoms with Gasteiger partial charge in [0.1, 0.15) is 0 Å². The van der Waals surface area contributed by atoms with Gasteiger partial charge in [0.05, 0.1) is 18.8 Å². The van der Waals surface area contributed by atoms with Crippen molar-refractivity contribution in [2.24, 2.45) is 0 Å². The summed E-state index contributed by atoms with van der Waals surface area (Å²) in [6.07, 6.45) is -4.38. The minimum atomic E-state index is -4.40. The minimum Gasteiger partial charge on any atom is -0.493 e. The van der Waals surface area contributed by atoms with E-state index in [0.717, 1.165) is 17.7 Å². The van der Waals surface area contributed by atoms with E-state index < -0.39 is 11.7 Å². The van der Waals surface area contributed by atoms with E-state index in [9.17, 15) is 13.2 Å². The van der Waals surface area contributed by atoms with Crippen LogP contribution in [0, 0.1) is 0 Å². The van der Waals surface area contributed by atoms with Crippen molar-refractivity contribution in [1.29, 1.82) is 0 Å². The number of nitrogens with one attached hydrogen (secondary N) is 2. The molecule has 2 aromatic carbocycles. The highest BCUT2D eigenvalue weighted by molar-refractivity contribution is 7.80. The van der Waals surface area contributed by atoms with Gasteiger partial charge in [0.15, 0.2) is 16.6 Å². The van der Waals surface area contributed by atoms with Crippen molar-refractivity contribution >= 4 is 23.0 Å². The van der Waals surface area contributed by atoms with E-state index in [0.29, 0.717) is 18.0 Å². The first-order chi connectivity index (χ1) is 12.7. The summed E-state index contributed by atoms with van der Waals surface area (Å²) in [6.45, 7) is 4.22. The number of thiocarbonyl (C=S) groups is 1. The number of hydrogen-bond acceptors (Lipinski definition) is 3. The summed E-state index contributed by atoms with van der Waals surface area (Å²) in [6, 6.07) is 10.3. The third-order valence-corrected chi connectivity index (χ3v) is 3.74. The normalized spacial score (nSPS) is 11.2. The van der Waals surface area contributed by atoms with Gasteiger partial charge in [0.2, 0.25) is 0 Å². The number of benzene rings is 2. The van der Waals surface area contributed by atoms with E-state index in [4.69, 9.17) is 21.7 Å². The Balaban J connectivity index is 1.97. The first-order valence-corrected chi connectivity index (χ1v) is 8.65. The van der Waals surface area contributed by atoms with Crippen LogP contribution in [0.1, 0.15) is 25.0 Å². The number of methoxy groups -OCH3 is 1. The fourth-order valence-electron chi connectivity index (χ4n) is 2.30. The molecular formula is C19H21F3N2O2S. The molecule has 0 aliphatic rings. The molecule has 8 heteroatoms. The molecule has 0 aromatic heterocycles. The Kier molecular flexibility index (Phi) is 6.90. The maximum absolute atomic E-state index is 12.8. The summed E-state index contributed by atoms with van der Waals surface area (Å²) in [4.78, 5) is 0. The second-order valence-corrected chi connectivity index (χ2v) is 6.45. The molecule has 0 spiro atoms. The molecule has 0 atom stereocenters. The summed E-state index contributed by atoms with van der Waals surface area (Å²) >= 11 is 5.16. The second-order valence-electron chi connectivity index (χ2n) is 6.04. The van der Waals surface area contributed by atoms with Crippen LogP contribution in [-0.2, 0) is 12.7 Å². The van der Waals surface area contributed by atoms with Crippen molar-refractivity contribution in [3.05, 3.63) is 53.6 Å². The van der Waals surface area contributed by atoms with Gasteiger partial charge in [-0.25, -0.2) is 0 Å². The molecule has 0 amide bonds. The van der Waals surface area contributed by atoms with Gasteiger partial charge < -0.3 is 20.1 Å².